The Morgan fingerprint density at radius 2 is 1.82 bits per heavy atom. The number of esters is 1. The molecule has 116 valence electrons. The van der Waals surface area contributed by atoms with E-state index < -0.39 is 0 Å². The van der Waals surface area contributed by atoms with Crippen LogP contribution in [0.5, 0.6) is 0 Å². The summed E-state index contributed by atoms with van der Waals surface area (Å²) in [4.78, 5) is 25.0. The van der Waals surface area contributed by atoms with E-state index in [-0.39, 0.29) is 23.6 Å². The number of rotatable bonds is 3. The van der Waals surface area contributed by atoms with Gasteiger partial charge in [0.15, 0.2) is 5.78 Å². The number of para-hydroxylation sites is 1. The summed E-state index contributed by atoms with van der Waals surface area (Å²) in [5.41, 5.74) is 1.76. The predicted octanol–water partition coefficient (Wildman–Crippen LogP) is 3.34. The van der Waals surface area contributed by atoms with E-state index >= 15 is 0 Å². The third-order valence-electron chi connectivity index (χ3n) is 4.77. The lowest BCUT2D eigenvalue weighted by molar-refractivity contribution is -0.147. The minimum Gasteiger partial charge on any atom is -0.469 e. The van der Waals surface area contributed by atoms with Crippen LogP contribution in [0.15, 0.2) is 30.5 Å². The van der Waals surface area contributed by atoms with E-state index in [0.29, 0.717) is 0 Å². The van der Waals surface area contributed by atoms with Gasteiger partial charge in [0, 0.05) is 35.6 Å². The molecule has 2 unspecified atom stereocenters. The molecule has 1 fully saturated rings. The van der Waals surface area contributed by atoms with Crippen LogP contribution in [0.3, 0.4) is 0 Å². The average molecular weight is 299 g/mol. The minimum absolute atomic E-state index is 0.0758. The van der Waals surface area contributed by atoms with Gasteiger partial charge in [0.2, 0.25) is 0 Å². The molecule has 4 heteroatoms. The van der Waals surface area contributed by atoms with Gasteiger partial charge in [0.25, 0.3) is 0 Å². The highest BCUT2D eigenvalue weighted by Gasteiger charge is 2.37. The molecule has 2 atom stereocenters. The summed E-state index contributed by atoms with van der Waals surface area (Å²) < 4.78 is 6.87. The van der Waals surface area contributed by atoms with Crippen LogP contribution in [-0.4, -0.2) is 23.4 Å². The second-order valence-electron chi connectivity index (χ2n) is 6.06. The van der Waals surface area contributed by atoms with Gasteiger partial charge in [-0.05, 0) is 18.9 Å². The van der Waals surface area contributed by atoms with E-state index in [1.165, 1.54) is 7.11 Å². The predicted molar refractivity (Wildman–Crippen MR) is 84.7 cm³/mol. The van der Waals surface area contributed by atoms with Gasteiger partial charge < -0.3 is 9.30 Å². The molecule has 1 aromatic heterocycles. The summed E-state index contributed by atoms with van der Waals surface area (Å²) in [6, 6.07) is 7.88. The lowest BCUT2D eigenvalue weighted by atomic mass is 9.75. The standard InChI is InChI=1S/C18H21NO3/c1-19-11-15(12-7-5-6-10-16(12)19)17(20)13-8-3-4-9-14(13)18(21)22-2/h5-7,10-11,13-14H,3-4,8-9H2,1-2H3. The first kappa shape index (κ1) is 14.8. The molecule has 0 spiro atoms. The van der Waals surface area contributed by atoms with Crippen LogP contribution in [0.2, 0.25) is 0 Å². The topological polar surface area (TPSA) is 48.3 Å². The molecule has 1 saturated carbocycles. The van der Waals surface area contributed by atoms with Crippen molar-refractivity contribution >= 4 is 22.7 Å². The maximum absolute atomic E-state index is 13.0. The Hall–Kier alpha value is -2.10. The smallest absolute Gasteiger partial charge is 0.309 e. The molecule has 0 amide bonds. The lowest BCUT2D eigenvalue weighted by Gasteiger charge is -2.28. The van der Waals surface area contributed by atoms with Crippen LogP contribution in [-0.2, 0) is 16.6 Å². The highest BCUT2D eigenvalue weighted by atomic mass is 16.5. The Labute approximate surface area is 130 Å². The highest BCUT2D eigenvalue weighted by Crippen LogP contribution is 2.35. The molecular formula is C18H21NO3. The molecule has 0 radical (unpaired) electrons. The van der Waals surface area contributed by atoms with Crippen molar-refractivity contribution in [1.82, 2.24) is 4.57 Å². The molecule has 0 N–H and O–H groups in total. The molecule has 2 aromatic rings. The number of carbonyl (C=O) groups excluding carboxylic acids is 2. The van der Waals surface area contributed by atoms with Crippen molar-refractivity contribution in [1.29, 1.82) is 0 Å². The zero-order valence-electron chi connectivity index (χ0n) is 13.0. The third kappa shape index (κ3) is 2.43. The Morgan fingerprint density at radius 1 is 1.14 bits per heavy atom. The van der Waals surface area contributed by atoms with E-state index in [9.17, 15) is 9.59 Å². The first-order valence-corrected chi connectivity index (χ1v) is 7.79. The summed E-state index contributed by atoms with van der Waals surface area (Å²) in [7, 11) is 3.34. The van der Waals surface area contributed by atoms with Crippen molar-refractivity contribution in [2.75, 3.05) is 7.11 Å². The van der Waals surface area contributed by atoms with Crippen molar-refractivity contribution in [2.24, 2.45) is 18.9 Å². The molecule has 0 bridgehead atoms. The van der Waals surface area contributed by atoms with Gasteiger partial charge in [0.05, 0.1) is 13.0 Å². The third-order valence-corrected chi connectivity index (χ3v) is 4.77. The summed E-state index contributed by atoms with van der Waals surface area (Å²) in [6.07, 6.45) is 5.37. The van der Waals surface area contributed by atoms with Crippen molar-refractivity contribution < 1.29 is 14.3 Å². The van der Waals surface area contributed by atoms with Gasteiger partial charge in [-0.25, -0.2) is 0 Å². The van der Waals surface area contributed by atoms with E-state index in [1.807, 2.05) is 42.1 Å². The quantitative estimate of drug-likeness (QED) is 0.645. The van der Waals surface area contributed by atoms with Crippen LogP contribution in [0, 0.1) is 11.8 Å². The van der Waals surface area contributed by atoms with E-state index in [4.69, 9.17) is 4.74 Å². The van der Waals surface area contributed by atoms with Crippen molar-refractivity contribution in [3.8, 4) is 0 Å². The Balaban J connectivity index is 1.99. The molecular weight excluding hydrogens is 278 g/mol. The van der Waals surface area contributed by atoms with Crippen molar-refractivity contribution in [2.45, 2.75) is 25.7 Å². The number of methoxy groups -OCH3 is 1. The van der Waals surface area contributed by atoms with Gasteiger partial charge >= 0.3 is 5.97 Å². The summed E-state index contributed by atoms with van der Waals surface area (Å²) >= 11 is 0. The second-order valence-corrected chi connectivity index (χ2v) is 6.06. The lowest BCUT2D eigenvalue weighted by Crippen LogP contribution is -2.33. The summed E-state index contributed by atoms with van der Waals surface area (Å²) in [6.45, 7) is 0. The van der Waals surface area contributed by atoms with Gasteiger partial charge in [0.1, 0.15) is 0 Å². The Kier molecular flexibility index (Phi) is 4.01. The molecule has 22 heavy (non-hydrogen) atoms. The number of benzene rings is 1. The van der Waals surface area contributed by atoms with Gasteiger partial charge in [-0.2, -0.15) is 0 Å². The molecule has 1 heterocycles. The van der Waals surface area contributed by atoms with Crippen LogP contribution in [0.4, 0.5) is 0 Å². The van der Waals surface area contributed by atoms with Crippen LogP contribution in [0.1, 0.15) is 36.0 Å². The van der Waals surface area contributed by atoms with Gasteiger partial charge in [-0.3, -0.25) is 9.59 Å². The number of fused-ring (bicyclic) bond motifs is 1. The van der Waals surface area contributed by atoms with Gasteiger partial charge in [-0.1, -0.05) is 31.0 Å². The second kappa shape index (κ2) is 5.95. The van der Waals surface area contributed by atoms with Gasteiger partial charge in [-0.15, -0.1) is 0 Å². The SMILES string of the molecule is COC(=O)C1CCCCC1C(=O)c1cn(C)c2ccccc12. The molecule has 1 aliphatic rings. The number of nitrogens with zero attached hydrogens (tertiary/aromatic N) is 1. The normalized spacial score (nSPS) is 21.7. The maximum Gasteiger partial charge on any atom is 0.309 e. The molecule has 1 aromatic carbocycles. The maximum atomic E-state index is 13.0. The number of Topliss-reactive ketones (excluding diaryl/α,β-unsaturated/α-hetero) is 1. The fourth-order valence-electron chi connectivity index (χ4n) is 3.62. The van der Waals surface area contributed by atoms with E-state index in [2.05, 4.69) is 0 Å². The van der Waals surface area contributed by atoms with Crippen LogP contribution >= 0.6 is 0 Å². The number of hydrogen-bond acceptors (Lipinski definition) is 3. The fourth-order valence-corrected chi connectivity index (χ4v) is 3.62. The molecule has 0 aliphatic heterocycles. The van der Waals surface area contributed by atoms with Crippen LogP contribution in [0.25, 0.3) is 10.9 Å². The number of hydrogen-bond donors (Lipinski definition) is 0. The van der Waals surface area contributed by atoms with Crippen LogP contribution < -0.4 is 0 Å². The monoisotopic (exact) mass is 299 g/mol. The molecule has 4 nitrogen and oxygen atoms in total. The largest absolute Gasteiger partial charge is 0.469 e. The number of ketones is 1. The Morgan fingerprint density at radius 3 is 2.55 bits per heavy atom. The number of ether oxygens (including phenoxy) is 1. The fraction of sp³-hybridized carbons (Fsp3) is 0.444. The minimum atomic E-state index is -0.301. The zero-order chi connectivity index (χ0) is 15.7. The summed E-state index contributed by atoms with van der Waals surface area (Å²) in [5, 5.41) is 0.962. The highest BCUT2D eigenvalue weighted by molar-refractivity contribution is 6.10. The van der Waals surface area contributed by atoms with E-state index in [0.717, 1.165) is 42.1 Å². The molecule has 1 aliphatic carbocycles. The zero-order valence-corrected chi connectivity index (χ0v) is 13.0. The summed E-state index contributed by atoms with van der Waals surface area (Å²) in [5.74, 6) is -0.734. The number of aryl methyl sites for hydroxylation is 1. The number of aromatic nitrogens is 1. The number of carbonyl (C=O) groups is 2. The first-order chi connectivity index (χ1) is 10.6. The molecule has 3 rings (SSSR count). The first-order valence-electron chi connectivity index (χ1n) is 7.79. The van der Waals surface area contributed by atoms with Crippen molar-refractivity contribution in [3.63, 3.8) is 0 Å². The average Bonchev–Trinajstić information content (AvgIpc) is 2.91. The van der Waals surface area contributed by atoms with E-state index in [1.54, 1.807) is 0 Å². The molecule has 0 saturated heterocycles. The Bertz CT molecular complexity index is 716. The van der Waals surface area contributed by atoms with Crippen molar-refractivity contribution in [3.05, 3.63) is 36.0 Å².